The number of carbonyl (C=O) groups excluding carboxylic acids is 1. The third-order valence-electron chi connectivity index (χ3n) is 3.37. The van der Waals surface area contributed by atoms with Crippen LogP contribution < -0.4 is 5.32 Å². The zero-order valence-corrected chi connectivity index (χ0v) is 14.8. The Labute approximate surface area is 153 Å². The third-order valence-corrected chi connectivity index (χ3v) is 4.56. The first-order valence-electron chi connectivity index (χ1n) is 7.47. The van der Waals surface area contributed by atoms with Gasteiger partial charge in [-0.05, 0) is 37.3 Å². The Balaban J connectivity index is 1.66. The average Bonchev–Trinajstić information content (AvgIpc) is 3.03. The van der Waals surface area contributed by atoms with Gasteiger partial charge in [0.1, 0.15) is 5.75 Å². The second kappa shape index (κ2) is 7.58. The maximum atomic E-state index is 12.3. The molecule has 1 aromatic heterocycles. The lowest BCUT2D eigenvalue weighted by Crippen LogP contribution is -2.22. The predicted octanol–water partition coefficient (Wildman–Crippen LogP) is 3.95. The molecule has 0 aliphatic carbocycles. The van der Waals surface area contributed by atoms with Crippen LogP contribution in [0.5, 0.6) is 5.75 Å². The molecular formula is C17H15ClN4O2S. The molecule has 128 valence electrons. The number of H-pyrrole nitrogens is 1. The fourth-order valence-corrected chi connectivity index (χ4v) is 3.03. The van der Waals surface area contributed by atoms with E-state index >= 15 is 0 Å². The van der Waals surface area contributed by atoms with Gasteiger partial charge in [0.2, 0.25) is 11.1 Å². The molecule has 2 aromatic carbocycles. The lowest BCUT2D eigenvalue weighted by atomic mass is 10.2. The van der Waals surface area contributed by atoms with Crippen molar-refractivity contribution in [1.29, 1.82) is 0 Å². The van der Waals surface area contributed by atoms with Gasteiger partial charge in [-0.2, -0.15) is 0 Å². The fourth-order valence-electron chi connectivity index (χ4n) is 2.12. The number of amides is 1. The van der Waals surface area contributed by atoms with Crippen LogP contribution in [0.15, 0.2) is 53.7 Å². The molecule has 3 N–H and O–H groups in total. The van der Waals surface area contributed by atoms with Crippen LogP contribution in [-0.2, 0) is 4.79 Å². The van der Waals surface area contributed by atoms with E-state index in [2.05, 4.69) is 20.5 Å². The Morgan fingerprint density at radius 3 is 2.84 bits per heavy atom. The highest BCUT2D eigenvalue weighted by Crippen LogP contribution is 2.28. The van der Waals surface area contributed by atoms with E-state index in [1.54, 1.807) is 55.5 Å². The van der Waals surface area contributed by atoms with Gasteiger partial charge in [0.15, 0.2) is 5.82 Å². The fraction of sp³-hybridized carbons (Fsp3) is 0.118. The number of para-hydroxylation sites is 1. The minimum Gasteiger partial charge on any atom is -0.507 e. The summed E-state index contributed by atoms with van der Waals surface area (Å²) >= 11 is 7.13. The first-order valence-corrected chi connectivity index (χ1v) is 8.72. The van der Waals surface area contributed by atoms with E-state index in [0.29, 0.717) is 27.3 Å². The molecule has 1 amide bonds. The Kier molecular flexibility index (Phi) is 5.25. The number of nitrogens with zero attached hydrogens (tertiary/aromatic N) is 2. The smallest absolute Gasteiger partial charge is 0.237 e. The number of nitrogens with one attached hydrogen (secondary N) is 2. The van der Waals surface area contributed by atoms with Crippen LogP contribution in [0.2, 0.25) is 5.02 Å². The van der Waals surface area contributed by atoms with Gasteiger partial charge < -0.3 is 10.4 Å². The maximum absolute atomic E-state index is 12.3. The van der Waals surface area contributed by atoms with Gasteiger partial charge >= 0.3 is 0 Å². The molecular weight excluding hydrogens is 360 g/mol. The summed E-state index contributed by atoms with van der Waals surface area (Å²) in [5, 5.41) is 20.1. The monoisotopic (exact) mass is 374 g/mol. The van der Waals surface area contributed by atoms with Crippen LogP contribution in [0, 0.1) is 0 Å². The van der Waals surface area contributed by atoms with Crippen LogP contribution in [0.4, 0.5) is 5.69 Å². The van der Waals surface area contributed by atoms with Gasteiger partial charge in [0.05, 0.1) is 10.8 Å². The van der Waals surface area contributed by atoms with Gasteiger partial charge in [-0.1, -0.05) is 41.6 Å². The molecule has 0 unspecified atom stereocenters. The molecule has 6 nitrogen and oxygen atoms in total. The van der Waals surface area contributed by atoms with Crippen molar-refractivity contribution in [2.45, 2.75) is 17.3 Å². The SMILES string of the molecule is C[C@@H](Sc1n[nH]c(-c2ccccc2O)n1)C(=O)Nc1cccc(Cl)c1. The predicted molar refractivity (Wildman–Crippen MR) is 98.9 cm³/mol. The summed E-state index contributed by atoms with van der Waals surface area (Å²) in [7, 11) is 0. The molecule has 0 fully saturated rings. The maximum Gasteiger partial charge on any atom is 0.237 e. The summed E-state index contributed by atoms with van der Waals surface area (Å²) in [6.45, 7) is 1.76. The molecule has 8 heteroatoms. The molecule has 0 bridgehead atoms. The minimum atomic E-state index is -0.410. The molecule has 0 aliphatic heterocycles. The van der Waals surface area contributed by atoms with Crippen molar-refractivity contribution in [3.05, 3.63) is 53.6 Å². The van der Waals surface area contributed by atoms with Crippen molar-refractivity contribution in [1.82, 2.24) is 15.2 Å². The van der Waals surface area contributed by atoms with Crippen molar-refractivity contribution in [3.8, 4) is 17.1 Å². The number of anilines is 1. The molecule has 3 aromatic rings. The molecule has 25 heavy (non-hydrogen) atoms. The number of phenolic OH excluding ortho intramolecular Hbond substituents is 1. The van der Waals surface area contributed by atoms with Gasteiger partial charge in [-0.15, -0.1) is 5.10 Å². The largest absolute Gasteiger partial charge is 0.507 e. The first-order chi connectivity index (χ1) is 12.0. The van der Waals surface area contributed by atoms with Crippen molar-refractivity contribution < 1.29 is 9.90 Å². The van der Waals surface area contributed by atoms with E-state index in [0.717, 1.165) is 0 Å². The Morgan fingerprint density at radius 1 is 1.28 bits per heavy atom. The topological polar surface area (TPSA) is 90.9 Å². The summed E-state index contributed by atoms with van der Waals surface area (Å²) in [6, 6.07) is 13.8. The van der Waals surface area contributed by atoms with Crippen molar-refractivity contribution in [2.24, 2.45) is 0 Å². The van der Waals surface area contributed by atoms with E-state index < -0.39 is 5.25 Å². The van der Waals surface area contributed by atoms with Crippen molar-refractivity contribution in [3.63, 3.8) is 0 Å². The Hall–Kier alpha value is -2.51. The van der Waals surface area contributed by atoms with Crippen LogP contribution in [0.3, 0.4) is 0 Å². The second-order valence-corrected chi connectivity index (χ2v) is 6.99. The highest BCUT2D eigenvalue weighted by atomic mass is 35.5. The lowest BCUT2D eigenvalue weighted by molar-refractivity contribution is -0.115. The first kappa shape index (κ1) is 17.3. The van der Waals surface area contributed by atoms with E-state index in [-0.39, 0.29) is 11.7 Å². The zero-order valence-electron chi connectivity index (χ0n) is 13.2. The number of aromatic amines is 1. The van der Waals surface area contributed by atoms with E-state index in [1.807, 2.05) is 0 Å². The number of aromatic hydroxyl groups is 1. The van der Waals surface area contributed by atoms with Crippen LogP contribution >= 0.6 is 23.4 Å². The van der Waals surface area contributed by atoms with Gasteiger partial charge in [0.25, 0.3) is 0 Å². The van der Waals surface area contributed by atoms with Crippen molar-refractivity contribution >= 4 is 35.0 Å². The Bertz CT molecular complexity index is 900. The highest BCUT2D eigenvalue weighted by molar-refractivity contribution is 8.00. The standard InChI is InChI=1S/C17H15ClN4O2S/c1-10(16(24)19-12-6-4-5-11(18)9-12)25-17-20-15(21-22-17)13-7-2-3-8-14(13)23/h2-10,23H,1H3,(H,19,24)(H,20,21,22)/t10-/m1/s1. The van der Waals surface area contributed by atoms with Crippen molar-refractivity contribution in [2.75, 3.05) is 5.32 Å². The number of phenols is 1. The summed E-state index contributed by atoms with van der Waals surface area (Å²) in [5.74, 6) is 0.381. The number of hydrogen-bond acceptors (Lipinski definition) is 5. The molecule has 0 aliphatic rings. The summed E-state index contributed by atoms with van der Waals surface area (Å²) in [4.78, 5) is 16.6. The molecule has 0 saturated carbocycles. The molecule has 0 spiro atoms. The Morgan fingerprint density at radius 2 is 2.08 bits per heavy atom. The van der Waals surface area contributed by atoms with E-state index in [4.69, 9.17) is 11.6 Å². The molecule has 0 radical (unpaired) electrons. The van der Waals surface area contributed by atoms with Crippen LogP contribution in [0.1, 0.15) is 6.92 Å². The number of aromatic nitrogens is 3. The summed E-state index contributed by atoms with van der Waals surface area (Å²) in [5.41, 5.74) is 1.19. The minimum absolute atomic E-state index is 0.113. The van der Waals surface area contributed by atoms with Crippen LogP contribution in [-0.4, -0.2) is 31.4 Å². The normalized spacial score (nSPS) is 11.9. The summed E-state index contributed by atoms with van der Waals surface area (Å²) in [6.07, 6.45) is 0. The molecule has 1 heterocycles. The molecule has 0 saturated heterocycles. The van der Waals surface area contributed by atoms with Gasteiger partial charge in [0, 0.05) is 10.7 Å². The summed E-state index contributed by atoms with van der Waals surface area (Å²) < 4.78 is 0. The second-order valence-electron chi connectivity index (χ2n) is 5.24. The number of thioether (sulfide) groups is 1. The number of carbonyl (C=O) groups is 1. The average molecular weight is 375 g/mol. The lowest BCUT2D eigenvalue weighted by Gasteiger charge is -2.10. The number of hydrogen-bond donors (Lipinski definition) is 3. The van der Waals surface area contributed by atoms with Gasteiger partial charge in [-0.3, -0.25) is 9.89 Å². The number of halogens is 1. The number of rotatable bonds is 5. The molecule has 3 rings (SSSR count). The number of benzene rings is 2. The molecule has 1 atom stereocenters. The zero-order chi connectivity index (χ0) is 17.8. The third kappa shape index (κ3) is 4.32. The highest BCUT2D eigenvalue weighted by Gasteiger charge is 2.18. The quantitative estimate of drug-likeness (QED) is 0.588. The van der Waals surface area contributed by atoms with Crippen LogP contribution in [0.25, 0.3) is 11.4 Å². The van der Waals surface area contributed by atoms with Gasteiger partial charge in [-0.25, -0.2) is 4.98 Å². The van der Waals surface area contributed by atoms with E-state index in [9.17, 15) is 9.90 Å². The van der Waals surface area contributed by atoms with E-state index in [1.165, 1.54) is 11.8 Å².